The first kappa shape index (κ1) is 18.5. The van der Waals surface area contributed by atoms with Crippen molar-refractivity contribution in [3.05, 3.63) is 58.4 Å². The van der Waals surface area contributed by atoms with E-state index in [4.69, 9.17) is 9.47 Å². The lowest BCUT2D eigenvalue weighted by molar-refractivity contribution is -0.387. The Bertz CT molecular complexity index is 855. The summed E-state index contributed by atoms with van der Waals surface area (Å²) in [5, 5.41) is 10.7. The molecule has 0 saturated heterocycles. The Kier molecular flexibility index (Phi) is 5.75. The van der Waals surface area contributed by atoms with E-state index in [2.05, 4.69) is 4.72 Å². The van der Waals surface area contributed by atoms with Crippen LogP contribution in [0.1, 0.15) is 0 Å². The molecule has 0 spiro atoms. The fourth-order valence-corrected chi connectivity index (χ4v) is 2.78. The van der Waals surface area contributed by atoms with Gasteiger partial charge in [-0.05, 0) is 36.4 Å². The second-order valence-corrected chi connectivity index (χ2v) is 6.71. The van der Waals surface area contributed by atoms with Crippen LogP contribution in [0.5, 0.6) is 11.5 Å². The van der Waals surface area contributed by atoms with Gasteiger partial charge in [-0.2, -0.15) is 4.39 Å². The molecule has 2 aromatic carbocycles. The number of methoxy groups -OCH3 is 1. The Labute approximate surface area is 143 Å². The van der Waals surface area contributed by atoms with Crippen LogP contribution in [0.25, 0.3) is 0 Å². The second kappa shape index (κ2) is 7.79. The Balaban J connectivity index is 1.95. The molecule has 0 saturated carbocycles. The first-order valence-electron chi connectivity index (χ1n) is 7.02. The van der Waals surface area contributed by atoms with Crippen molar-refractivity contribution in [2.75, 3.05) is 24.2 Å². The van der Waals surface area contributed by atoms with E-state index in [0.717, 1.165) is 18.2 Å². The van der Waals surface area contributed by atoms with Gasteiger partial charge in [0.1, 0.15) is 23.9 Å². The standard InChI is InChI=1S/C15H15FN2O6S/c1-23-12-3-5-13(6-4-12)24-8-9-25(21,22)17-11-2-7-14(16)15(10-11)18(19)20/h2-7,10,17H,8-9H2,1H3. The van der Waals surface area contributed by atoms with Crippen molar-refractivity contribution in [2.45, 2.75) is 0 Å². The van der Waals surface area contributed by atoms with E-state index >= 15 is 0 Å². The first-order chi connectivity index (χ1) is 11.8. The van der Waals surface area contributed by atoms with Crippen molar-refractivity contribution in [1.29, 1.82) is 0 Å². The second-order valence-electron chi connectivity index (χ2n) is 4.87. The molecule has 0 heterocycles. The fourth-order valence-electron chi connectivity index (χ4n) is 1.89. The summed E-state index contributed by atoms with van der Waals surface area (Å²) < 4.78 is 49.7. The number of nitrogens with zero attached hydrogens (tertiary/aromatic N) is 1. The molecule has 2 rings (SSSR count). The number of hydrogen-bond donors (Lipinski definition) is 1. The van der Waals surface area contributed by atoms with Crippen LogP contribution >= 0.6 is 0 Å². The molecule has 25 heavy (non-hydrogen) atoms. The molecular weight excluding hydrogens is 355 g/mol. The number of hydrogen-bond acceptors (Lipinski definition) is 6. The maximum Gasteiger partial charge on any atom is 0.306 e. The molecule has 10 heteroatoms. The Morgan fingerprint density at radius 3 is 2.40 bits per heavy atom. The quantitative estimate of drug-likeness (QED) is 0.565. The molecule has 0 fully saturated rings. The molecule has 0 aliphatic carbocycles. The molecule has 0 atom stereocenters. The van der Waals surface area contributed by atoms with Crippen molar-refractivity contribution >= 4 is 21.4 Å². The maximum absolute atomic E-state index is 13.2. The third kappa shape index (κ3) is 5.31. The van der Waals surface area contributed by atoms with E-state index < -0.39 is 26.5 Å². The van der Waals surface area contributed by atoms with Crippen molar-refractivity contribution < 1.29 is 27.2 Å². The van der Waals surface area contributed by atoms with Crippen molar-refractivity contribution in [3.8, 4) is 11.5 Å². The predicted octanol–water partition coefficient (Wildman–Crippen LogP) is 2.56. The van der Waals surface area contributed by atoms with Gasteiger partial charge in [0.05, 0.1) is 17.7 Å². The number of rotatable bonds is 8. The minimum absolute atomic E-state index is 0.0995. The number of sulfonamides is 1. The highest BCUT2D eigenvalue weighted by Gasteiger charge is 2.17. The van der Waals surface area contributed by atoms with Gasteiger partial charge in [-0.3, -0.25) is 14.8 Å². The molecule has 0 bridgehead atoms. The average Bonchev–Trinajstić information content (AvgIpc) is 2.56. The Morgan fingerprint density at radius 1 is 1.16 bits per heavy atom. The number of anilines is 1. The smallest absolute Gasteiger partial charge is 0.306 e. The summed E-state index contributed by atoms with van der Waals surface area (Å²) in [5.74, 6) is -0.326. The van der Waals surface area contributed by atoms with Gasteiger partial charge in [0.15, 0.2) is 0 Å². The molecule has 134 valence electrons. The topological polar surface area (TPSA) is 108 Å². The summed E-state index contributed by atoms with van der Waals surface area (Å²) in [4.78, 5) is 9.74. The van der Waals surface area contributed by atoms with Crippen LogP contribution in [0.15, 0.2) is 42.5 Å². The average molecular weight is 370 g/mol. The fraction of sp³-hybridized carbons (Fsp3) is 0.200. The molecule has 0 unspecified atom stereocenters. The van der Waals surface area contributed by atoms with Crippen molar-refractivity contribution in [2.24, 2.45) is 0 Å². The third-order valence-corrected chi connectivity index (χ3v) is 4.35. The number of ether oxygens (including phenoxy) is 2. The first-order valence-corrected chi connectivity index (χ1v) is 8.67. The summed E-state index contributed by atoms with van der Waals surface area (Å²) >= 11 is 0. The van der Waals surface area contributed by atoms with E-state index in [1.807, 2.05) is 0 Å². The largest absolute Gasteiger partial charge is 0.497 e. The van der Waals surface area contributed by atoms with Gasteiger partial charge < -0.3 is 9.47 Å². The summed E-state index contributed by atoms with van der Waals surface area (Å²) in [6.45, 7) is -0.134. The molecule has 0 aliphatic heterocycles. The van der Waals surface area contributed by atoms with Crippen LogP contribution in [0.2, 0.25) is 0 Å². The number of nitro groups is 1. The SMILES string of the molecule is COc1ccc(OCCS(=O)(=O)Nc2ccc(F)c([N+](=O)[O-])c2)cc1. The highest BCUT2D eigenvalue weighted by Crippen LogP contribution is 2.22. The van der Waals surface area contributed by atoms with E-state index in [1.165, 1.54) is 7.11 Å². The lowest BCUT2D eigenvalue weighted by atomic mass is 10.3. The number of benzene rings is 2. The van der Waals surface area contributed by atoms with Crippen LogP contribution in [-0.2, 0) is 10.0 Å². The van der Waals surface area contributed by atoms with Crippen LogP contribution in [0.3, 0.4) is 0 Å². The van der Waals surface area contributed by atoms with Gasteiger partial charge in [-0.15, -0.1) is 0 Å². The number of halogens is 1. The molecule has 0 aromatic heterocycles. The van der Waals surface area contributed by atoms with Gasteiger partial charge in [-0.1, -0.05) is 0 Å². The van der Waals surface area contributed by atoms with Crippen LogP contribution in [0, 0.1) is 15.9 Å². The molecule has 0 radical (unpaired) electrons. The van der Waals surface area contributed by atoms with E-state index in [1.54, 1.807) is 24.3 Å². The highest BCUT2D eigenvalue weighted by molar-refractivity contribution is 7.92. The van der Waals surface area contributed by atoms with Gasteiger partial charge in [0.25, 0.3) is 0 Å². The number of nitrogens with one attached hydrogen (secondary N) is 1. The number of nitro benzene ring substituents is 1. The molecule has 0 aliphatic rings. The van der Waals surface area contributed by atoms with Gasteiger partial charge in [0, 0.05) is 6.07 Å². The zero-order valence-corrected chi connectivity index (χ0v) is 14.0. The van der Waals surface area contributed by atoms with Crippen molar-refractivity contribution in [1.82, 2.24) is 0 Å². The highest BCUT2D eigenvalue weighted by atomic mass is 32.2. The molecular formula is C15H15FN2O6S. The molecule has 8 nitrogen and oxygen atoms in total. The van der Waals surface area contributed by atoms with Crippen LogP contribution in [0.4, 0.5) is 15.8 Å². The third-order valence-electron chi connectivity index (χ3n) is 3.10. The van der Waals surface area contributed by atoms with Crippen molar-refractivity contribution in [3.63, 3.8) is 0 Å². The summed E-state index contributed by atoms with van der Waals surface area (Å²) in [5.41, 5.74) is -0.910. The van der Waals surface area contributed by atoms with Gasteiger partial charge in [-0.25, -0.2) is 8.42 Å². The lowest BCUT2D eigenvalue weighted by Crippen LogP contribution is -2.21. The summed E-state index contributed by atoms with van der Waals surface area (Å²) in [6.07, 6.45) is 0. The van der Waals surface area contributed by atoms with Gasteiger partial charge in [0.2, 0.25) is 15.8 Å². The Morgan fingerprint density at radius 2 is 1.80 bits per heavy atom. The minimum Gasteiger partial charge on any atom is -0.497 e. The summed E-state index contributed by atoms with van der Waals surface area (Å²) in [7, 11) is -2.30. The van der Waals surface area contributed by atoms with E-state index in [-0.39, 0.29) is 18.0 Å². The maximum atomic E-state index is 13.2. The lowest BCUT2D eigenvalue weighted by Gasteiger charge is -2.10. The zero-order chi connectivity index (χ0) is 18.4. The van der Waals surface area contributed by atoms with Crippen LogP contribution in [-0.4, -0.2) is 32.8 Å². The minimum atomic E-state index is -3.82. The Hall–Kier alpha value is -2.88. The van der Waals surface area contributed by atoms with Crippen LogP contribution < -0.4 is 14.2 Å². The summed E-state index contributed by atoms with van der Waals surface area (Å²) in [6, 6.07) is 9.33. The van der Waals surface area contributed by atoms with E-state index in [9.17, 15) is 22.9 Å². The predicted molar refractivity (Wildman–Crippen MR) is 89.0 cm³/mol. The monoisotopic (exact) mass is 370 g/mol. The van der Waals surface area contributed by atoms with E-state index in [0.29, 0.717) is 11.5 Å². The zero-order valence-electron chi connectivity index (χ0n) is 13.1. The molecule has 2 aromatic rings. The van der Waals surface area contributed by atoms with Gasteiger partial charge >= 0.3 is 5.69 Å². The molecule has 1 N–H and O–H groups in total. The normalized spacial score (nSPS) is 11.0. The molecule has 0 amide bonds.